The van der Waals surface area contributed by atoms with Gasteiger partial charge in [-0.1, -0.05) is 65.0 Å². The molecule has 2 N–H and O–H groups in total. The minimum atomic E-state index is -0.504. The minimum Gasteiger partial charge on any atom is -0.393 e. The van der Waals surface area contributed by atoms with E-state index in [-0.39, 0.29) is 0 Å². The van der Waals surface area contributed by atoms with Crippen LogP contribution in [0.2, 0.25) is 0 Å². The Bertz CT molecular complexity index is 725. The second-order valence-corrected chi connectivity index (χ2v) is 11.0. The van der Waals surface area contributed by atoms with Crippen LogP contribution in [0.15, 0.2) is 47.1 Å². The first kappa shape index (κ1) is 23.5. The van der Waals surface area contributed by atoms with Gasteiger partial charge in [-0.3, -0.25) is 0 Å². The van der Waals surface area contributed by atoms with Gasteiger partial charge in [0.15, 0.2) is 0 Å². The third kappa shape index (κ3) is 4.86. The Morgan fingerprint density at radius 2 is 1.80 bits per heavy atom. The van der Waals surface area contributed by atoms with E-state index in [2.05, 4.69) is 65.0 Å². The summed E-state index contributed by atoms with van der Waals surface area (Å²) >= 11 is 0. The molecule has 0 aromatic rings. The lowest BCUT2D eigenvalue weighted by atomic mass is 9.62. The summed E-state index contributed by atoms with van der Waals surface area (Å²) in [5.41, 5.74) is 3.99. The number of rotatable bonds is 6. The van der Waals surface area contributed by atoms with Crippen LogP contribution in [0.5, 0.6) is 0 Å². The van der Waals surface area contributed by atoms with Crippen LogP contribution in [0.25, 0.3) is 0 Å². The Kier molecular flexibility index (Phi) is 7.51. The molecule has 0 aromatic heterocycles. The van der Waals surface area contributed by atoms with E-state index in [9.17, 15) is 10.2 Å². The van der Waals surface area contributed by atoms with Gasteiger partial charge in [0.2, 0.25) is 0 Å². The van der Waals surface area contributed by atoms with Gasteiger partial charge in [-0.2, -0.15) is 0 Å². The van der Waals surface area contributed by atoms with Crippen LogP contribution in [0.4, 0.5) is 0 Å². The molecule has 3 rings (SSSR count). The molecule has 1 fully saturated rings. The minimum absolute atomic E-state index is 0.369. The molecule has 0 aromatic carbocycles. The molecule has 0 aliphatic heterocycles. The molecule has 7 atom stereocenters. The Hall–Kier alpha value is -1.12. The third-order valence-corrected chi connectivity index (χ3v) is 8.71. The lowest BCUT2D eigenvalue weighted by Crippen LogP contribution is -2.34. The Morgan fingerprint density at radius 1 is 1.07 bits per heavy atom. The fraction of sp³-hybridized carbons (Fsp3) is 0.714. The van der Waals surface area contributed by atoms with Gasteiger partial charge in [-0.05, 0) is 90.8 Å². The summed E-state index contributed by atoms with van der Waals surface area (Å²) in [5, 5.41) is 20.3. The molecule has 3 aliphatic rings. The quantitative estimate of drug-likeness (QED) is 0.482. The van der Waals surface area contributed by atoms with Gasteiger partial charge in [0, 0.05) is 6.42 Å². The second-order valence-electron chi connectivity index (χ2n) is 11.0. The van der Waals surface area contributed by atoms with Crippen molar-refractivity contribution in [2.75, 3.05) is 0 Å². The molecule has 0 saturated heterocycles. The summed E-state index contributed by atoms with van der Waals surface area (Å²) in [7, 11) is 0. The highest BCUT2D eigenvalue weighted by atomic mass is 16.3. The van der Waals surface area contributed by atoms with Gasteiger partial charge >= 0.3 is 0 Å². The van der Waals surface area contributed by atoms with Crippen LogP contribution >= 0.6 is 0 Å². The topological polar surface area (TPSA) is 40.5 Å². The average molecular weight is 413 g/mol. The molecule has 168 valence electrons. The van der Waals surface area contributed by atoms with Gasteiger partial charge in [-0.25, -0.2) is 0 Å². The van der Waals surface area contributed by atoms with Crippen molar-refractivity contribution in [3.63, 3.8) is 0 Å². The highest BCUT2D eigenvalue weighted by Gasteiger charge is 2.49. The van der Waals surface area contributed by atoms with Gasteiger partial charge in [-0.15, -0.1) is 0 Å². The number of aliphatic hydroxyl groups excluding tert-OH is 2. The number of hydrogen-bond donors (Lipinski definition) is 2. The van der Waals surface area contributed by atoms with Crippen molar-refractivity contribution in [3.8, 4) is 0 Å². The van der Waals surface area contributed by atoms with Gasteiger partial charge < -0.3 is 10.2 Å². The number of aliphatic hydroxyl groups is 2. The zero-order chi connectivity index (χ0) is 22.1. The predicted molar refractivity (Wildman–Crippen MR) is 127 cm³/mol. The fourth-order valence-corrected chi connectivity index (χ4v) is 6.16. The van der Waals surface area contributed by atoms with E-state index in [4.69, 9.17) is 0 Å². The lowest BCUT2D eigenvalue weighted by Gasteiger charge is -2.42. The van der Waals surface area contributed by atoms with Crippen molar-refractivity contribution >= 4 is 0 Å². The van der Waals surface area contributed by atoms with Crippen molar-refractivity contribution < 1.29 is 10.2 Å². The summed E-state index contributed by atoms with van der Waals surface area (Å²) in [6.45, 7) is 13.9. The molecule has 0 heterocycles. The van der Waals surface area contributed by atoms with E-state index in [1.165, 1.54) is 24.8 Å². The Morgan fingerprint density at radius 3 is 2.50 bits per heavy atom. The van der Waals surface area contributed by atoms with Crippen LogP contribution < -0.4 is 0 Å². The van der Waals surface area contributed by atoms with E-state index in [1.54, 1.807) is 0 Å². The summed E-state index contributed by atoms with van der Waals surface area (Å²) in [5.74, 6) is 3.34. The number of hydrogen-bond acceptors (Lipinski definition) is 2. The maximum absolute atomic E-state index is 10.2. The standard InChI is InChI=1S/C28H44O2/c1-18(2)19(3)9-10-20(4)25-13-14-26-22(8-7-15-28(25,26)6)11-12-23-16-24(29)17-27(30)21(23)5/h8-12,18-20,24-27,29-30H,7,13-17H2,1-6H3/b10-9+,12-11-/t19-,20+,24+,25+,26-,27-,28+/m0/s1. The van der Waals surface area contributed by atoms with Crippen LogP contribution in [0, 0.1) is 35.0 Å². The number of allylic oxidation sites excluding steroid dienone is 6. The molecule has 2 nitrogen and oxygen atoms in total. The summed E-state index contributed by atoms with van der Waals surface area (Å²) in [6, 6.07) is 0. The first-order valence-electron chi connectivity index (χ1n) is 12.3. The number of fused-ring (bicyclic) bond motifs is 1. The van der Waals surface area contributed by atoms with Crippen molar-refractivity contribution in [1.29, 1.82) is 0 Å². The predicted octanol–water partition coefficient (Wildman–Crippen LogP) is 6.61. The highest BCUT2D eigenvalue weighted by Crippen LogP contribution is 2.58. The molecular weight excluding hydrogens is 368 g/mol. The van der Waals surface area contributed by atoms with Gasteiger partial charge in [0.05, 0.1) is 12.2 Å². The molecule has 1 saturated carbocycles. The summed E-state index contributed by atoms with van der Waals surface area (Å²) in [6.07, 6.45) is 17.1. The zero-order valence-corrected chi connectivity index (χ0v) is 20.1. The second kappa shape index (κ2) is 9.57. The first-order valence-corrected chi connectivity index (χ1v) is 12.3. The Labute approximate surface area is 184 Å². The maximum atomic E-state index is 10.2. The molecule has 30 heavy (non-hydrogen) atoms. The van der Waals surface area contributed by atoms with Gasteiger partial charge in [0.1, 0.15) is 0 Å². The van der Waals surface area contributed by atoms with Gasteiger partial charge in [0.25, 0.3) is 0 Å². The molecule has 2 heteroatoms. The third-order valence-electron chi connectivity index (χ3n) is 8.71. The summed E-state index contributed by atoms with van der Waals surface area (Å²) in [4.78, 5) is 0. The fourth-order valence-electron chi connectivity index (χ4n) is 6.16. The van der Waals surface area contributed by atoms with Crippen LogP contribution in [0.1, 0.15) is 80.1 Å². The SMILES string of the molecule is CC1=C(/C=C\C2=CCC[C@]3(C)[C@@H]([C@H](C)/C=C/[C@H](C)C(C)C)CC[C@@H]23)C[C@@H](O)C[C@@H]1O. The van der Waals surface area contributed by atoms with E-state index < -0.39 is 12.2 Å². The van der Waals surface area contributed by atoms with Crippen LogP contribution in [0.3, 0.4) is 0 Å². The van der Waals surface area contributed by atoms with Crippen molar-refractivity contribution in [3.05, 3.63) is 47.1 Å². The molecule has 3 aliphatic carbocycles. The van der Waals surface area contributed by atoms with E-state index in [0.29, 0.717) is 41.9 Å². The maximum Gasteiger partial charge on any atom is 0.0777 e. The summed E-state index contributed by atoms with van der Waals surface area (Å²) < 4.78 is 0. The normalized spacial score (nSPS) is 37.2. The zero-order valence-electron chi connectivity index (χ0n) is 20.1. The smallest absolute Gasteiger partial charge is 0.0777 e. The monoisotopic (exact) mass is 412 g/mol. The highest BCUT2D eigenvalue weighted by molar-refractivity contribution is 5.37. The van der Waals surface area contributed by atoms with E-state index >= 15 is 0 Å². The lowest BCUT2D eigenvalue weighted by molar-refractivity contribution is 0.0879. The molecule has 0 amide bonds. The largest absolute Gasteiger partial charge is 0.393 e. The average Bonchev–Trinajstić information content (AvgIpc) is 3.04. The van der Waals surface area contributed by atoms with Crippen LogP contribution in [-0.2, 0) is 0 Å². The van der Waals surface area contributed by atoms with Crippen molar-refractivity contribution in [2.24, 2.45) is 35.0 Å². The van der Waals surface area contributed by atoms with Crippen molar-refractivity contribution in [2.45, 2.75) is 92.3 Å². The van der Waals surface area contributed by atoms with Crippen molar-refractivity contribution in [1.82, 2.24) is 0 Å². The molecule has 0 unspecified atom stereocenters. The molecule has 0 spiro atoms. The molecular formula is C28H44O2. The first-order chi connectivity index (χ1) is 14.1. The van der Waals surface area contributed by atoms with E-state index in [1.807, 2.05) is 6.92 Å². The Balaban J connectivity index is 1.74. The molecule has 0 bridgehead atoms. The van der Waals surface area contributed by atoms with E-state index in [0.717, 1.165) is 23.5 Å². The van der Waals surface area contributed by atoms with Crippen LogP contribution in [-0.4, -0.2) is 22.4 Å². The molecule has 0 radical (unpaired) electrons.